The predicted octanol–water partition coefficient (Wildman–Crippen LogP) is 5.01. The van der Waals surface area contributed by atoms with Crippen molar-refractivity contribution in [3.8, 4) is 0 Å². The van der Waals surface area contributed by atoms with Crippen molar-refractivity contribution >= 4 is 0 Å². The topological polar surface area (TPSA) is 0 Å². The van der Waals surface area contributed by atoms with E-state index in [2.05, 4.69) is 24.3 Å². The molecule has 14 heavy (non-hydrogen) atoms. The smallest absolute Gasteiger partial charge is 0.0316 e. The minimum absolute atomic E-state index is 1.23. The molecule has 0 spiro atoms. The van der Waals surface area contributed by atoms with Gasteiger partial charge in [0.05, 0.1) is 0 Å². The molecular formula is C14H24. The third-order valence-corrected chi connectivity index (χ3v) is 2.82. The summed E-state index contributed by atoms with van der Waals surface area (Å²) >= 11 is 0. The summed E-state index contributed by atoms with van der Waals surface area (Å²) < 4.78 is 0. The Kier molecular flexibility index (Phi) is 7.47. The van der Waals surface area contributed by atoms with Gasteiger partial charge in [0, 0.05) is 0 Å². The van der Waals surface area contributed by atoms with Crippen molar-refractivity contribution in [2.24, 2.45) is 0 Å². The molecule has 0 fully saturated rings. The van der Waals surface area contributed by atoms with Gasteiger partial charge < -0.3 is 0 Å². The molecule has 0 heteroatoms. The van der Waals surface area contributed by atoms with E-state index in [4.69, 9.17) is 0 Å². The van der Waals surface area contributed by atoms with Crippen LogP contribution in [0.3, 0.4) is 0 Å². The molecule has 0 aromatic rings. The molecule has 0 heterocycles. The maximum Gasteiger partial charge on any atom is -0.0316 e. The Bertz CT molecular complexity index is 145. The molecule has 1 aliphatic rings. The lowest BCUT2D eigenvalue weighted by molar-refractivity contribution is 0.599. The minimum atomic E-state index is 1.23. The van der Waals surface area contributed by atoms with Crippen LogP contribution >= 0.6 is 0 Å². The summed E-state index contributed by atoms with van der Waals surface area (Å²) in [7, 11) is 0. The van der Waals surface area contributed by atoms with Gasteiger partial charge in [0.15, 0.2) is 0 Å². The number of hydrogen-bond acceptors (Lipinski definition) is 0. The average Bonchev–Trinajstić information content (AvgIpc) is 2.22. The van der Waals surface area contributed by atoms with Gasteiger partial charge in [-0.05, 0) is 38.5 Å². The Labute approximate surface area is 89.1 Å². The van der Waals surface area contributed by atoms with E-state index >= 15 is 0 Å². The highest BCUT2D eigenvalue weighted by molar-refractivity contribution is 4.88. The Morgan fingerprint density at radius 2 is 0.714 bits per heavy atom. The van der Waals surface area contributed by atoms with Crippen molar-refractivity contribution in [1.82, 2.24) is 0 Å². The fourth-order valence-electron chi connectivity index (χ4n) is 1.90. The van der Waals surface area contributed by atoms with Gasteiger partial charge in [0.25, 0.3) is 0 Å². The summed E-state index contributed by atoms with van der Waals surface area (Å²) in [6, 6.07) is 0. The molecule has 80 valence electrons. The Morgan fingerprint density at radius 1 is 0.357 bits per heavy atom. The summed E-state index contributed by atoms with van der Waals surface area (Å²) in [5, 5.41) is 0. The number of rotatable bonds is 0. The minimum Gasteiger partial charge on any atom is -0.0885 e. The summed E-state index contributed by atoms with van der Waals surface area (Å²) in [6.45, 7) is 0. The summed E-state index contributed by atoms with van der Waals surface area (Å²) in [5.41, 5.74) is 0. The monoisotopic (exact) mass is 192 g/mol. The highest BCUT2D eigenvalue weighted by Crippen LogP contribution is 2.10. The molecule has 0 aromatic heterocycles. The first-order chi connectivity index (χ1) is 7.00. The molecular weight excluding hydrogens is 168 g/mol. The highest BCUT2D eigenvalue weighted by Gasteiger charge is 1.90. The van der Waals surface area contributed by atoms with E-state index in [0.717, 1.165) is 0 Å². The van der Waals surface area contributed by atoms with Crippen LogP contribution in [-0.4, -0.2) is 0 Å². The van der Waals surface area contributed by atoms with Gasteiger partial charge in [-0.3, -0.25) is 0 Å². The lowest BCUT2D eigenvalue weighted by atomic mass is 10.1. The second kappa shape index (κ2) is 9.05. The van der Waals surface area contributed by atoms with Crippen LogP contribution in [0.15, 0.2) is 24.3 Å². The quantitative estimate of drug-likeness (QED) is 0.473. The summed E-state index contributed by atoms with van der Waals surface area (Å²) in [6.07, 6.45) is 23.0. The lowest BCUT2D eigenvalue weighted by Crippen LogP contribution is -1.80. The molecule has 0 aliphatic heterocycles. The van der Waals surface area contributed by atoms with E-state index in [-0.39, 0.29) is 0 Å². The third-order valence-electron chi connectivity index (χ3n) is 2.82. The van der Waals surface area contributed by atoms with Crippen LogP contribution in [0.2, 0.25) is 0 Å². The molecule has 0 saturated carbocycles. The predicted molar refractivity (Wildman–Crippen MR) is 64.5 cm³/mol. The maximum atomic E-state index is 2.36. The largest absolute Gasteiger partial charge is 0.0885 e. The molecule has 0 radical (unpaired) electrons. The normalized spacial score (nSPS) is 21.7. The zero-order chi connectivity index (χ0) is 9.90. The van der Waals surface area contributed by atoms with Crippen LogP contribution < -0.4 is 0 Å². The van der Waals surface area contributed by atoms with Gasteiger partial charge in [-0.1, -0.05) is 50.0 Å². The van der Waals surface area contributed by atoms with Gasteiger partial charge >= 0.3 is 0 Å². The van der Waals surface area contributed by atoms with Crippen LogP contribution in [0, 0.1) is 0 Å². The van der Waals surface area contributed by atoms with E-state index in [1.807, 2.05) is 0 Å². The number of hydrogen-bond donors (Lipinski definition) is 0. The average molecular weight is 192 g/mol. The second-order valence-electron chi connectivity index (χ2n) is 4.22. The SMILES string of the molecule is C1=CCCCCCCCCC=CCC1. The van der Waals surface area contributed by atoms with Crippen LogP contribution in [0.5, 0.6) is 0 Å². The van der Waals surface area contributed by atoms with Crippen LogP contribution in [0.4, 0.5) is 0 Å². The zero-order valence-electron chi connectivity index (χ0n) is 9.38. The lowest BCUT2D eigenvalue weighted by Gasteiger charge is -2.00. The first kappa shape index (κ1) is 11.6. The molecule has 0 nitrogen and oxygen atoms in total. The van der Waals surface area contributed by atoms with Crippen molar-refractivity contribution in [2.45, 2.75) is 64.2 Å². The molecule has 1 aliphatic carbocycles. The molecule has 0 atom stereocenters. The third kappa shape index (κ3) is 6.94. The van der Waals surface area contributed by atoms with Gasteiger partial charge in [-0.25, -0.2) is 0 Å². The van der Waals surface area contributed by atoms with Crippen LogP contribution in [0.25, 0.3) is 0 Å². The number of allylic oxidation sites excluding steroid dienone is 4. The fourth-order valence-corrected chi connectivity index (χ4v) is 1.90. The maximum absolute atomic E-state index is 2.36. The van der Waals surface area contributed by atoms with Crippen molar-refractivity contribution in [1.29, 1.82) is 0 Å². The van der Waals surface area contributed by atoms with Crippen LogP contribution in [0.1, 0.15) is 64.2 Å². The van der Waals surface area contributed by atoms with Gasteiger partial charge in [0.1, 0.15) is 0 Å². The summed E-state index contributed by atoms with van der Waals surface area (Å²) in [4.78, 5) is 0. The molecule has 0 unspecified atom stereocenters. The highest BCUT2D eigenvalue weighted by atomic mass is 14.0. The standard InChI is InChI=1S/C14H24/c1-2-4-6-8-10-12-14-13-11-9-7-5-3-1/h1-2,7,9H,3-6,8,10-14H2. The van der Waals surface area contributed by atoms with Crippen molar-refractivity contribution in [2.75, 3.05) is 0 Å². The molecule has 0 amide bonds. The van der Waals surface area contributed by atoms with E-state index in [1.165, 1.54) is 64.2 Å². The van der Waals surface area contributed by atoms with E-state index < -0.39 is 0 Å². The summed E-state index contributed by atoms with van der Waals surface area (Å²) in [5.74, 6) is 0. The first-order valence-corrected chi connectivity index (χ1v) is 6.30. The van der Waals surface area contributed by atoms with E-state index in [1.54, 1.807) is 0 Å². The molecule has 0 bridgehead atoms. The Balaban J connectivity index is 2.17. The van der Waals surface area contributed by atoms with Crippen molar-refractivity contribution < 1.29 is 0 Å². The molecule has 1 rings (SSSR count). The van der Waals surface area contributed by atoms with Crippen LogP contribution in [-0.2, 0) is 0 Å². The Morgan fingerprint density at radius 3 is 1.21 bits per heavy atom. The first-order valence-electron chi connectivity index (χ1n) is 6.30. The molecule has 0 N–H and O–H groups in total. The van der Waals surface area contributed by atoms with Crippen molar-refractivity contribution in [3.63, 3.8) is 0 Å². The van der Waals surface area contributed by atoms with Gasteiger partial charge in [-0.15, -0.1) is 0 Å². The van der Waals surface area contributed by atoms with Gasteiger partial charge in [0.2, 0.25) is 0 Å². The van der Waals surface area contributed by atoms with Crippen molar-refractivity contribution in [3.05, 3.63) is 24.3 Å². The van der Waals surface area contributed by atoms with Gasteiger partial charge in [-0.2, -0.15) is 0 Å². The molecule has 0 aromatic carbocycles. The van der Waals surface area contributed by atoms with E-state index in [9.17, 15) is 0 Å². The molecule has 0 saturated heterocycles. The fraction of sp³-hybridized carbons (Fsp3) is 0.714. The van der Waals surface area contributed by atoms with E-state index in [0.29, 0.717) is 0 Å². The Hall–Kier alpha value is -0.520. The second-order valence-corrected chi connectivity index (χ2v) is 4.22. The zero-order valence-corrected chi connectivity index (χ0v) is 9.38.